The average Bonchev–Trinajstić information content (AvgIpc) is 3.18. The van der Waals surface area contributed by atoms with Gasteiger partial charge in [0.25, 0.3) is 0 Å². The van der Waals surface area contributed by atoms with E-state index in [4.69, 9.17) is 9.47 Å². The second kappa shape index (κ2) is 7.40. The zero-order chi connectivity index (χ0) is 19.7. The Bertz CT molecular complexity index is 1010. The van der Waals surface area contributed by atoms with Gasteiger partial charge in [-0.1, -0.05) is 0 Å². The topological polar surface area (TPSA) is 97.8 Å². The highest BCUT2D eigenvalue weighted by Gasteiger charge is 2.40. The zero-order valence-corrected chi connectivity index (χ0v) is 16.2. The molecule has 1 fully saturated rings. The fourth-order valence-corrected chi connectivity index (χ4v) is 5.10. The summed E-state index contributed by atoms with van der Waals surface area (Å²) in [5.74, 6) is 0.952. The molecule has 0 radical (unpaired) electrons. The van der Waals surface area contributed by atoms with E-state index in [0.29, 0.717) is 43.4 Å². The number of carbonyl (C=O) groups is 1. The standard InChI is InChI=1S/C19H21N3O5S/c1-13-6-7-20-18(11-13)21-19(23)15-3-2-8-22(15)28(24,25)14-4-5-16-17(12-14)27-10-9-26-16/h4-7,11-12,15H,2-3,8-10H2,1H3,(H,20,21,23)/t15-/m0/s1. The van der Waals surface area contributed by atoms with Gasteiger partial charge in [-0.25, -0.2) is 13.4 Å². The largest absolute Gasteiger partial charge is 0.486 e. The van der Waals surface area contributed by atoms with E-state index in [1.807, 2.05) is 13.0 Å². The fourth-order valence-electron chi connectivity index (χ4n) is 3.42. The number of ether oxygens (including phenoxy) is 2. The maximum absolute atomic E-state index is 13.2. The molecule has 1 atom stereocenters. The third kappa shape index (κ3) is 3.55. The molecule has 1 saturated heterocycles. The molecule has 2 aliphatic heterocycles. The van der Waals surface area contributed by atoms with Crippen LogP contribution in [0.25, 0.3) is 0 Å². The third-order valence-electron chi connectivity index (χ3n) is 4.79. The maximum Gasteiger partial charge on any atom is 0.243 e. The molecule has 1 amide bonds. The van der Waals surface area contributed by atoms with Crippen LogP contribution in [-0.4, -0.2) is 49.4 Å². The van der Waals surface area contributed by atoms with E-state index in [1.54, 1.807) is 18.3 Å². The lowest BCUT2D eigenvalue weighted by Crippen LogP contribution is -2.43. The van der Waals surface area contributed by atoms with Crippen molar-refractivity contribution in [3.8, 4) is 11.5 Å². The fraction of sp³-hybridized carbons (Fsp3) is 0.368. The molecule has 3 heterocycles. The molecule has 0 aliphatic carbocycles. The molecule has 8 nitrogen and oxygen atoms in total. The van der Waals surface area contributed by atoms with Crippen LogP contribution in [0.3, 0.4) is 0 Å². The van der Waals surface area contributed by atoms with Gasteiger partial charge in [0, 0.05) is 18.8 Å². The molecule has 1 aromatic carbocycles. The second-order valence-electron chi connectivity index (χ2n) is 6.79. The van der Waals surface area contributed by atoms with E-state index >= 15 is 0 Å². The third-order valence-corrected chi connectivity index (χ3v) is 6.70. The van der Waals surface area contributed by atoms with Crippen LogP contribution >= 0.6 is 0 Å². The number of rotatable bonds is 4. The van der Waals surface area contributed by atoms with Crippen molar-refractivity contribution in [2.75, 3.05) is 25.1 Å². The smallest absolute Gasteiger partial charge is 0.243 e. The van der Waals surface area contributed by atoms with Crippen molar-refractivity contribution in [1.82, 2.24) is 9.29 Å². The average molecular weight is 403 g/mol. The molecular weight excluding hydrogens is 382 g/mol. The summed E-state index contributed by atoms with van der Waals surface area (Å²) in [4.78, 5) is 16.9. The zero-order valence-electron chi connectivity index (χ0n) is 15.4. The SMILES string of the molecule is Cc1ccnc(NC(=O)[C@@H]2CCCN2S(=O)(=O)c2ccc3c(c2)OCCO3)c1. The summed E-state index contributed by atoms with van der Waals surface area (Å²) in [6, 6.07) is 7.32. The summed E-state index contributed by atoms with van der Waals surface area (Å²) in [5.41, 5.74) is 0.956. The highest BCUT2D eigenvalue weighted by Crippen LogP contribution is 2.35. The van der Waals surface area contributed by atoms with Crippen LogP contribution < -0.4 is 14.8 Å². The van der Waals surface area contributed by atoms with Crippen LogP contribution in [0.15, 0.2) is 41.4 Å². The molecule has 2 aromatic rings. The van der Waals surface area contributed by atoms with Crippen molar-refractivity contribution >= 4 is 21.7 Å². The molecular formula is C19H21N3O5S. The number of fused-ring (bicyclic) bond motifs is 1. The predicted octanol–water partition coefficient (Wildman–Crippen LogP) is 1.95. The first-order valence-corrected chi connectivity index (χ1v) is 10.5. The number of nitrogens with one attached hydrogen (secondary N) is 1. The number of aromatic nitrogens is 1. The van der Waals surface area contributed by atoms with Gasteiger partial charge < -0.3 is 14.8 Å². The number of amides is 1. The molecule has 1 N–H and O–H groups in total. The second-order valence-corrected chi connectivity index (χ2v) is 8.68. The highest BCUT2D eigenvalue weighted by atomic mass is 32.2. The number of nitrogens with zero attached hydrogens (tertiary/aromatic N) is 2. The van der Waals surface area contributed by atoms with Gasteiger partial charge in [0.1, 0.15) is 25.1 Å². The Balaban J connectivity index is 1.57. The Hall–Kier alpha value is -2.65. The van der Waals surface area contributed by atoms with Gasteiger partial charge in [0.2, 0.25) is 15.9 Å². The summed E-state index contributed by atoms with van der Waals surface area (Å²) in [5, 5.41) is 2.73. The van der Waals surface area contributed by atoms with Crippen molar-refractivity contribution in [2.45, 2.75) is 30.7 Å². The van der Waals surface area contributed by atoms with Crippen LogP contribution in [0, 0.1) is 6.92 Å². The van der Waals surface area contributed by atoms with Crippen molar-refractivity contribution < 1.29 is 22.7 Å². The number of sulfonamides is 1. The number of pyridine rings is 1. The van der Waals surface area contributed by atoms with Crippen LogP contribution in [-0.2, 0) is 14.8 Å². The lowest BCUT2D eigenvalue weighted by atomic mass is 10.2. The van der Waals surface area contributed by atoms with Crippen LogP contribution in [0.4, 0.5) is 5.82 Å². The molecule has 0 saturated carbocycles. The first-order valence-electron chi connectivity index (χ1n) is 9.10. The lowest BCUT2D eigenvalue weighted by Gasteiger charge is -2.24. The van der Waals surface area contributed by atoms with Crippen LogP contribution in [0.2, 0.25) is 0 Å². The van der Waals surface area contributed by atoms with E-state index < -0.39 is 16.1 Å². The van der Waals surface area contributed by atoms with E-state index in [0.717, 1.165) is 5.56 Å². The van der Waals surface area contributed by atoms with Crippen molar-refractivity contribution in [3.05, 3.63) is 42.1 Å². The summed E-state index contributed by atoms with van der Waals surface area (Å²) < 4.78 is 38.5. The normalized spacial score (nSPS) is 19.4. The Kier molecular flexibility index (Phi) is 4.94. The van der Waals surface area contributed by atoms with Crippen LogP contribution in [0.1, 0.15) is 18.4 Å². The first kappa shape index (κ1) is 18.7. The van der Waals surface area contributed by atoms with E-state index in [9.17, 15) is 13.2 Å². The van der Waals surface area contributed by atoms with E-state index in [1.165, 1.54) is 16.4 Å². The number of hydrogen-bond donors (Lipinski definition) is 1. The quantitative estimate of drug-likeness (QED) is 0.838. The summed E-state index contributed by atoms with van der Waals surface area (Å²) in [6.07, 6.45) is 2.67. The van der Waals surface area contributed by atoms with E-state index in [-0.39, 0.29) is 17.3 Å². The highest BCUT2D eigenvalue weighted by molar-refractivity contribution is 7.89. The molecule has 2 aliphatic rings. The Morgan fingerprint density at radius 3 is 2.75 bits per heavy atom. The molecule has 0 spiro atoms. The Labute approximate surface area is 163 Å². The van der Waals surface area contributed by atoms with Gasteiger partial charge in [-0.3, -0.25) is 4.79 Å². The molecule has 0 unspecified atom stereocenters. The molecule has 0 bridgehead atoms. The molecule has 28 heavy (non-hydrogen) atoms. The van der Waals surface area contributed by atoms with Crippen LogP contribution in [0.5, 0.6) is 11.5 Å². The number of aryl methyl sites for hydroxylation is 1. The van der Waals surface area contributed by atoms with Gasteiger partial charge in [0.15, 0.2) is 11.5 Å². The number of benzene rings is 1. The van der Waals surface area contributed by atoms with Crippen molar-refractivity contribution in [3.63, 3.8) is 0 Å². The Morgan fingerprint density at radius 1 is 1.18 bits per heavy atom. The minimum absolute atomic E-state index is 0.0881. The van der Waals surface area contributed by atoms with Crippen molar-refractivity contribution in [2.24, 2.45) is 0 Å². The minimum Gasteiger partial charge on any atom is -0.486 e. The van der Waals surface area contributed by atoms with Crippen molar-refractivity contribution in [1.29, 1.82) is 0 Å². The van der Waals surface area contributed by atoms with Gasteiger partial charge >= 0.3 is 0 Å². The lowest BCUT2D eigenvalue weighted by molar-refractivity contribution is -0.119. The Morgan fingerprint density at radius 2 is 1.96 bits per heavy atom. The number of hydrogen-bond acceptors (Lipinski definition) is 6. The minimum atomic E-state index is -3.85. The summed E-state index contributed by atoms with van der Waals surface area (Å²) in [6.45, 7) is 2.98. The molecule has 9 heteroatoms. The summed E-state index contributed by atoms with van der Waals surface area (Å²) >= 11 is 0. The monoisotopic (exact) mass is 403 g/mol. The molecule has 4 rings (SSSR count). The predicted molar refractivity (Wildman–Crippen MR) is 102 cm³/mol. The van der Waals surface area contributed by atoms with Gasteiger partial charge in [-0.15, -0.1) is 0 Å². The molecule has 1 aromatic heterocycles. The number of anilines is 1. The van der Waals surface area contributed by atoms with Gasteiger partial charge in [-0.05, 0) is 49.6 Å². The number of carbonyl (C=O) groups excluding carboxylic acids is 1. The van der Waals surface area contributed by atoms with Gasteiger partial charge in [0.05, 0.1) is 4.90 Å². The maximum atomic E-state index is 13.2. The summed E-state index contributed by atoms with van der Waals surface area (Å²) in [7, 11) is -3.85. The van der Waals surface area contributed by atoms with E-state index in [2.05, 4.69) is 10.3 Å². The van der Waals surface area contributed by atoms with Gasteiger partial charge in [-0.2, -0.15) is 4.31 Å². The first-order chi connectivity index (χ1) is 13.4. The molecule has 148 valence electrons.